The molecule has 0 aliphatic carbocycles. The van der Waals surface area contributed by atoms with Crippen LogP contribution in [0.15, 0.2) is 12.1 Å². The second-order valence-corrected chi connectivity index (χ2v) is 6.14. The number of H-pyrrole nitrogens is 1. The first-order valence-corrected chi connectivity index (χ1v) is 7.86. The lowest BCUT2D eigenvalue weighted by Crippen LogP contribution is -2.38. The summed E-state index contributed by atoms with van der Waals surface area (Å²) >= 11 is 6.55. The summed E-state index contributed by atoms with van der Waals surface area (Å²) in [5.74, 6) is 1.78. The molecule has 5 rings (SSSR count). The summed E-state index contributed by atoms with van der Waals surface area (Å²) in [6.45, 7) is 2.18. The Hall–Kier alpha value is -1.88. The lowest BCUT2D eigenvalue weighted by molar-refractivity contribution is 0.355. The number of ether oxygens (including phenoxy) is 2. The molecule has 1 aromatic heterocycles. The van der Waals surface area contributed by atoms with E-state index in [9.17, 15) is 0 Å². The number of aromatic amines is 1. The summed E-state index contributed by atoms with van der Waals surface area (Å²) in [5, 5.41) is 8.32. The molecule has 0 unspecified atom stereocenters. The zero-order chi connectivity index (χ0) is 15.3. The molecule has 3 aliphatic rings. The van der Waals surface area contributed by atoms with Crippen LogP contribution in [0.25, 0.3) is 11.3 Å². The number of methoxy groups -OCH3 is 2. The van der Waals surface area contributed by atoms with E-state index >= 15 is 0 Å². The van der Waals surface area contributed by atoms with Gasteiger partial charge in [0.2, 0.25) is 0 Å². The van der Waals surface area contributed by atoms with Gasteiger partial charge in [0.25, 0.3) is 0 Å². The Morgan fingerprint density at radius 1 is 1.23 bits per heavy atom. The Morgan fingerprint density at radius 2 is 2.00 bits per heavy atom. The minimum Gasteiger partial charge on any atom is -0.493 e. The Kier molecular flexibility index (Phi) is 3.18. The molecule has 116 valence electrons. The Morgan fingerprint density at radius 3 is 2.68 bits per heavy atom. The lowest BCUT2D eigenvalue weighted by Gasteiger charge is -2.40. The van der Waals surface area contributed by atoms with Gasteiger partial charge in [0, 0.05) is 24.6 Å². The number of nitrogens with zero attached hydrogens (tertiary/aromatic N) is 2. The van der Waals surface area contributed by atoms with E-state index in [1.165, 1.54) is 24.2 Å². The van der Waals surface area contributed by atoms with Crippen molar-refractivity contribution in [3.63, 3.8) is 0 Å². The molecule has 22 heavy (non-hydrogen) atoms. The third kappa shape index (κ3) is 1.81. The number of benzene rings is 1. The van der Waals surface area contributed by atoms with Gasteiger partial charge in [0.15, 0.2) is 11.5 Å². The van der Waals surface area contributed by atoms with E-state index in [4.69, 9.17) is 21.1 Å². The predicted molar refractivity (Wildman–Crippen MR) is 86.3 cm³/mol. The number of halogens is 1. The topological polar surface area (TPSA) is 50.4 Å². The van der Waals surface area contributed by atoms with Crippen LogP contribution in [0.3, 0.4) is 0 Å². The lowest BCUT2D eigenvalue weighted by atomic mass is 9.86. The van der Waals surface area contributed by atoms with Gasteiger partial charge in [-0.05, 0) is 25.0 Å². The molecule has 1 aromatic carbocycles. The van der Waals surface area contributed by atoms with Gasteiger partial charge in [-0.1, -0.05) is 11.6 Å². The van der Waals surface area contributed by atoms with Crippen LogP contribution in [0.5, 0.6) is 11.5 Å². The van der Waals surface area contributed by atoms with E-state index in [-0.39, 0.29) is 0 Å². The van der Waals surface area contributed by atoms with Crippen molar-refractivity contribution in [1.82, 2.24) is 10.2 Å². The van der Waals surface area contributed by atoms with Crippen LogP contribution in [-0.4, -0.2) is 37.5 Å². The van der Waals surface area contributed by atoms with Crippen LogP contribution in [-0.2, 0) is 0 Å². The average molecular weight is 320 g/mol. The van der Waals surface area contributed by atoms with Crippen LogP contribution in [0.2, 0.25) is 5.02 Å². The first-order valence-electron chi connectivity index (χ1n) is 7.48. The van der Waals surface area contributed by atoms with Crippen LogP contribution in [0.1, 0.15) is 24.5 Å². The second-order valence-electron chi connectivity index (χ2n) is 5.76. The van der Waals surface area contributed by atoms with E-state index in [0.717, 1.165) is 24.3 Å². The Labute approximate surface area is 134 Å². The Bertz CT molecular complexity index is 720. The summed E-state index contributed by atoms with van der Waals surface area (Å²) in [4.78, 5) is 2.40. The standard InChI is InChI=1S/C16H18ClN3O2/c1-21-11-4-3-10(12(17)16(11)22-2)14-15-13(18-19-14)9-5-7-20(15)8-6-9/h3-4,9H,5-8H2,1-2H3,(H,18,19). The molecule has 2 bridgehead atoms. The van der Waals surface area contributed by atoms with E-state index in [1.54, 1.807) is 14.2 Å². The highest BCUT2D eigenvalue weighted by Crippen LogP contribution is 2.49. The smallest absolute Gasteiger partial charge is 0.180 e. The van der Waals surface area contributed by atoms with Crippen LogP contribution in [0.4, 0.5) is 5.69 Å². The van der Waals surface area contributed by atoms with Crippen LogP contribution in [0, 0.1) is 0 Å². The highest BCUT2D eigenvalue weighted by molar-refractivity contribution is 6.35. The zero-order valence-corrected chi connectivity index (χ0v) is 13.4. The minimum atomic E-state index is 0.541. The molecular formula is C16H18ClN3O2. The summed E-state index contributed by atoms with van der Waals surface area (Å²) in [6.07, 6.45) is 2.41. The number of anilines is 1. The van der Waals surface area contributed by atoms with Crippen molar-refractivity contribution in [2.75, 3.05) is 32.2 Å². The summed E-state index contributed by atoms with van der Waals surface area (Å²) in [5.41, 5.74) is 4.24. The number of fused-ring (bicyclic) bond motifs is 2. The summed E-state index contributed by atoms with van der Waals surface area (Å²) in [6, 6.07) is 3.82. The molecule has 1 N–H and O–H groups in total. The molecule has 4 heterocycles. The fourth-order valence-electron chi connectivity index (χ4n) is 3.61. The molecule has 0 atom stereocenters. The third-order valence-corrected chi connectivity index (χ3v) is 5.10. The third-order valence-electron chi connectivity index (χ3n) is 4.73. The number of piperidine rings is 1. The first kappa shape index (κ1) is 13.8. The number of rotatable bonds is 3. The molecule has 5 nitrogen and oxygen atoms in total. The zero-order valence-electron chi connectivity index (χ0n) is 12.6. The SMILES string of the molecule is COc1ccc(-c2n[nH]c3c2N2CCC3CC2)c(Cl)c1OC. The van der Waals surface area contributed by atoms with Crippen molar-refractivity contribution in [3.05, 3.63) is 22.8 Å². The van der Waals surface area contributed by atoms with E-state index in [2.05, 4.69) is 15.1 Å². The number of hydrogen-bond acceptors (Lipinski definition) is 4. The van der Waals surface area contributed by atoms with Crippen molar-refractivity contribution in [3.8, 4) is 22.8 Å². The Balaban J connectivity index is 1.88. The number of hydrogen-bond donors (Lipinski definition) is 1. The number of nitrogens with one attached hydrogen (secondary N) is 1. The highest BCUT2D eigenvalue weighted by Gasteiger charge is 2.36. The molecule has 0 radical (unpaired) electrons. The maximum Gasteiger partial charge on any atom is 0.180 e. The predicted octanol–water partition coefficient (Wildman–Crippen LogP) is 3.44. The molecular weight excluding hydrogens is 302 g/mol. The monoisotopic (exact) mass is 319 g/mol. The molecule has 0 saturated carbocycles. The van der Waals surface area contributed by atoms with Gasteiger partial charge in [0.1, 0.15) is 5.69 Å². The minimum absolute atomic E-state index is 0.541. The molecule has 0 spiro atoms. The molecule has 0 amide bonds. The van der Waals surface area contributed by atoms with Crippen molar-refractivity contribution < 1.29 is 9.47 Å². The van der Waals surface area contributed by atoms with Gasteiger partial charge in [-0.3, -0.25) is 5.10 Å². The fraction of sp³-hybridized carbons (Fsp3) is 0.438. The average Bonchev–Trinajstić information content (AvgIpc) is 3.02. The maximum atomic E-state index is 6.55. The van der Waals surface area contributed by atoms with E-state index in [0.29, 0.717) is 22.4 Å². The van der Waals surface area contributed by atoms with Gasteiger partial charge in [-0.15, -0.1) is 0 Å². The van der Waals surface area contributed by atoms with Gasteiger partial charge >= 0.3 is 0 Å². The normalized spacial score (nSPS) is 16.8. The van der Waals surface area contributed by atoms with E-state index in [1.807, 2.05) is 12.1 Å². The maximum absolute atomic E-state index is 6.55. The van der Waals surface area contributed by atoms with Crippen LogP contribution >= 0.6 is 11.6 Å². The quantitative estimate of drug-likeness (QED) is 0.941. The molecule has 1 saturated heterocycles. The molecule has 1 fully saturated rings. The van der Waals surface area contributed by atoms with Crippen LogP contribution < -0.4 is 14.4 Å². The molecule has 6 heteroatoms. The van der Waals surface area contributed by atoms with Gasteiger partial charge in [-0.25, -0.2) is 0 Å². The van der Waals surface area contributed by atoms with Crippen molar-refractivity contribution in [2.45, 2.75) is 18.8 Å². The largest absolute Gasteiger partial charge is 0.493 e. The fourth-order valence-corrected chi connectivity index (χ4v) is 3.93. The van der Waals surface area contributed by atoms with Gasteiger partial charge in [-0.2, -0.15) is 5.10 Å². The number of aromatic nitrogens is 2. The summed E-state index contributed by atoms with van der Waals surface area (Å²) < 4.78 is 10.7. The van der Waals surface area contributed by atoms with Gasteiger partial charge < -0.3 is 14.4 Å². The van der Waals surface area contributed by atoms with Crippen molar-refractivity contribution >= 4 is 17.3 Å². The molecule has 2 aromatic rings. The highest BCUT2D eigenvalue weighted by atomic mass is 35.5. The summed E-state index contributed by atoms with van der Waals surface area (Å²) in [7, 11) is 3.20. The van der Waals surface area contributed by atoms with Crippen molar-refractivity contribution in [1.29, 1.82) is 0 Å². The van der Waals surface area contributed by atoms with E-state index < -0.39 is 0 Å². The molecule has 3 aliphatic heterocycles. The second kappa shape index (κ2) is 5.09. The van der Waals surface area contributed by atoms with Gasteiger partial charge in [0.05, 0.1) is 30.6 Å². The van der Waals surface area contributed by atoms with Crippen molar-refractivity contribution in [2.24, 2.45) is 0 Å². The first-order chi connectivity index (χ1) is 10.7.